The third-order valence-corrected chi connectivity index (χ3v) is 4.25. The maximum atomic E-state index is 12.0. The number of rotatable bonds is 4. The molecule has 100 valence electrons. The van der Waals surface area contributed by atoms with Gasteiger partial charge in [0.25, 0.3) is 0 Å². The van der Waals surface area contributed by atoms with E-state index in [0.29, 0.717) is 6.54 Å². The highest BCUT2D eigenvalue weighted by atomic mass is 32.1. The summed E-state index contributed by atoms with van der Waals surface area (Å²) in [4.78, 5) is 14.4. The van der Waals surface area contributed by atoms with Crippen LogP contribution in [0.25, 0.3) is 0 Å². The van der Waals surface area contributed by atoms with Gasteiger partial charge in [0.1, 0.15) is 6.04 Å². The molecule has 2 aromatic rings. The Morgan fingerprint density at radius 2 is 2.00 bits per heavy atom. The first kappa shape index (κ1) is 13.8. The fraction of sp³-hybridized carbons (Fsp3) is 0.267. The van der Waals surface area contributed by atoms with Crippen LogP contribution in [-0.4, -0.2) is 5.91 Å². The molecule has 1 aromatic carbocycles. The molecule has 0 bridgehead atoms. The molecular formula is C15H18N2OS. The van der Waals surface area contributed by atoms with Crippen molar-refractivity contribution in [2.45, 2.75) is 26.4 Å². The Kier molecular flexibility index (Phi) is 4.35. The molecule has 0 aliphatic rings. The summed E-state index contributed by atoms with van der Waals surface area (Å²) < 4.78 is 0. The van der Waals surface area contributed by atoms with Gasteiger partial charge in [-0.1, -0.05) is 30.3 Å². The molecule has 1 amide bonds. The van der Waals surface area contributed by atoms with Crippen LogP contribution in [0, 0.1) is 13.8 Å². The molecule has 3 N–H and O–H groups in total. The molecular weight excluding hydrogens is 256 g/mol. The van der Waals surface area contributed by atoms with Gasteiger partial charge in [0.15, 0.2) is 0 Å². The van der Waals surface area contributed by atoms with Crippen LogP contribution in [0.4, 0.5) is 0 Å². The Morgan fingerprint density at radius 1 is 1.32 bits per heavy atom. The third-order valence-electron chi connectivity index (χ3n) is 3.10. The second-order valence-electron chi connectivity index (χ2n) is 4.56. The van der Waals surface area contributed by atoms with E-state index in [-0.39, 0.29) is 5.91 Å². The molecule has 0 fully saturated rings. The van der Waals surface area contributed by atoms with Crippen LogP contribution in [0.2, 0.25) is 0 Å². The summed E-state index contributed by atoms with van der Waals surface area (Å²) in [5.74, 6) is -0.144. The van der Waals surface area contributed by atoms with Gasteiger partial charge in [-0.3, -0.25) is 4.79 Å². The highest BCUT2D eigenvalue weighted by Crippen LogP contribution is 2.20. The van der Waals surface area contributed by atoms with E-state index in [1.165, 1.54) is 10.4 Å². The van der Waals surface area contributed by atoms with Gasteiger partial charge in [0.05, 0.1) is 6.54 Å². The Balaban J connectivity index is 1.94. The predicted molar refractivity (Wildman–Crippen MR) is 79.0 cm³/mol. The monoisotopic (exact) mass is 274 g/mol. The second-order valence-corrected chi connectivity index (χ2v) is 5.90. The average molecular weight is 274 g/mol. The van der Waals surface area contributed by atoms with Crippen LogP contribution in [-0.2, 0) is 11.3 Å². The summed E-state index contributed by atoms with van der Waals surface area (Å²) in [5, 5.41) is 2.88. The zero-order chi connectivity index (χ0) is 13.8. The summed E-state index contributed by atoms with van der Waals surface area (Å²) in [6.45, 7) is 4.70. The molecule has 1 heterocycles. The quantitative estimate of drug-likeness (QED) is 0.900. The van der Waals surface area contributed by atoms with Gasteiger partial charge < -0.3 is 11.1 Å². The van der Waals surface area contributed by atoms with Crippen molar-refractivity contribution < 1.29 is 4.79 Å². The van der Waals surface area contributed by atoms with E-state index in [1.54, 1.807) is 11.3 Å². The van der Waals surface area contributed by atoms with Crippen LogP contribution in [0.1, 0.15) is 26.9 Å². The zero-order valence-corrected chi connectivity index (χ0v) is 12.0. The van der Waals surface area contributed by atoms with Crippen LogP contribution in [0.15, 0.2) is 36.4 Å². The molecule has 4 heteroatoms. The minimum atomic E-state index is -0.608. The molecule has 0 aliphatic heterocycles. The molecule has 3 nitrogen and oxygen atoms in total. The zero-order valence-electron chi connectivity index (χ0n) is 11.1. The molecule has 1 atom stereocenters. The van der Waals surface area contributed by atoms with Gasteiger partial charge in [-0.2, -0.15) is 0 Å². The van der Waals surface area contributed by atoms with Crippen molar-refractivity contribution in [1.29, 1.82) is 0 Å². The first-order valence-electron chi connectivity index (χ1n) is 6.22. The van der Waals surface area contributed by atoms with Crippen molar-refractivity contribution in [2.24, 2.45) is 5.73 Å². The molecule has 0 saturated heterocycles. The summed E-state index contributed by atoms with van der Waals surface area (Å²) in [7, 11) is 0. The molecule has 1 aromatic heterocycles. The minimum absolute atomic E-state index is 0.144. The summed E-state index contributed by atoms with van der Waals surface area (Å²) in [6.07, 6.45) is 0. The highest BCUT2D eigenvalue weighted by molar-refractivity contribution is 7.12. The van der Waals surface area contributed by atoms with E-state index in [1.807, 2.05) is 30.3 Å². The summed E-state index contributed by atoms with van der Waals surface area (Å²) in [5.41, 5.74) is 8.03. The van der Waals surface area contributed by atoms with Gasteiger partial charge in [-0.25, -0.2) is 0 Å². The van der Waals surface area contributed by atoms with E-state index in [2.05, 4.69) is 25.2 Å². The Hall–Kier alpha value is -1.65. The van der Waals surface area contributed by atoms with Gasteiger partial charge in [-0.15, -0.1) is 11.3 Å². The number of amides is 1. The third kappa shape index (κ3) is 3.43. The molecule has 0 spiro atoms. The van der Waals surface area contributed by atoms with Gasteiger partial charge >= 0.3 is 0 Å². The Morgan fingerprint density at radius 3 is 2.58 bits per heavy atom. The van der Waals surface area contributed by atoms with Crippen LogP contribution in [0.3, 0.4) is 0 Å². The number of nitrogens with one attached hydrogen (secondary N) is 1. The van der Waals surface area contributed by atoms with E-state index in [0.717, 1.165) is 10.4 Å². The summed E-state index contributed by atoms with van der Waals surface area (Å²) in [6, 6.07) is 10.9. The Bertz CT molecular complexity index is 543. The number of aryl methyl sites for hydroxylation is 2. The fourth-order valence-electron chi connectivity index (χ4n) is 1.83. The minimum Gasteiger partial charge on any atom is -0.350 e. The SMILES string of the molecule is Cc1cc(CNC(=O)[C@@H](N)c2ccccc2)sc1C. The molecule has 19 heavy (non-hydrogen) atoms. The van der Waals surface area contributed by atoms with Gasteiger partial charge in [0.2, 0.25) is 5.91 Å². The number of hydrogen-bond donors (Lipinski definition) is 2. The average Bonchev–Trinajstić information content (AvgIpc) is 2.75. The summed E-state index contributed by atoms with van der Waals surface area (Å²) >= 11 is 1.71. The number of nitrogens with two attached hydrogens (primary N) is 1. The van der Waals surface area contributed by atoms with Crippen molar-refractivity contribution >= 4 is 17.2 Å². The lowest BCUT2D eigenvalue weighted by molar-refractivity contribution is -0.122. The van der Waals surface area contributed by atoms with Crippen LogP contribution in [0.5, 0.6) is 0 Å². The lowest BCUT2D eigenvalue weighted by Crippen LogP contribution is -2.33. The molecule has 0 unspecified atom stereocenters. The van der Waals surface area contributed by atoms with Gasteiger partial charge in [-0.05, 0) is 31.0 Å². The lowest BCUT2D eigenvalue weighted by Gasteiger charge is -2.11. The topological polar surface area (TPSA) is 55.1 Å². The lowest BCUT2D eigenvalue weighted by atomic mass is 10.1. The van der Waals surface area contributed by atoms with Crippen molar-refractivity contribution in [1.82, 2.24) is 5.32 Å². The van der Waals surface area contributed by atoms with Crippen LogP contribution < -0.4 is 11.1 Å². The fourth-order valence-corrected chi connectivity index (χ4v) is 2.83. The molecule has 0 aliphatic carbocycles. The normalized spacial score (nSPS) is 12.2. The second kappa shape index (κ2) is 5.99. The first-order valence-corrected chi connectivity index (χ1v) is 7.03. The van der Waals surface area contributed by atoms with Crippen molar-refractivity contribution in [3.8, 4) is 0 Å². The van der Waals surface area contributed by atoms with Crippen LogP contribution >= 0.6 is 11.3 Å². The van der Waals surface area contributed by atoms with E-state index in [9.17, 15) is 4.79 Å². The number of carbonyl (C=O) groups is 1. The smallest absolute Gasteiger partial charge is 0.241 e. The number of hydrogen-bond acceptors (Lipinski definition) is 3. The maximum Gasteiger partial charge on any atom is 0.241 e. The standard InChI is InChI=1S/C15H18N2OS/c1-10-8-13(19-11(10)2)9-17-15(18)14(16)12-6-4-3-5-7-12/h3-8,14H,9,16H2,1-2H3,(H,17,18)/t14-/m0/s1. The molecule has 0 radical (unpaired) electrons. The Labute approximate surface area is 117 Å². The molecule has 2 rings (SSSR count). The first-order chi connectivity index (χ1) is 9.08. The van der Waals surface area contributed by atoms with E-state index < -0.39 is 6.04 Å². The van der Waals surface area contributed by atoms with E-state index >= 15 is 0 Å². The molecule has 0 saturated carbocycles. The number of benzene rings is 1. The predicted octanol–water partition coefficient (Wildman–Crippen LogP) is 2.68. The number of carbonyl (C=O) groups excluding carboxylic acids is 1. The van der Waals surface area contributed by atoms with Gasteiger partial charge in [0, 0.05) is 9.75 Å². The van der Waals surface area contributed by atoms with Crippen molar-refractivity contribution in [2.75, 3.05) is 0 Å². The van der Waals surface area contributed by atoms with E-state index in [4.69, 9.17) is 5.73 Å². The maximum absolute atomic E-state index is 12.0. The largest absolute Gasteiger partial charge is 0.350 e. The highest BCUT2D eigenvalue weighted by Gasteiger charge is 2.15. The van der Waals surface area contributed by atoms with Crippen molar-refractivity contribution in [3.63, 3.8) is 0 Å². The van der Waals surface area contributed by atoms with Crippen molar-refractivity contribution in [3.05, 3.63) is 57.3 Å². The number of thiophene rings is 1.